The molecule has 0 N–H and O–H groups in total. The van der Waals surface area contributed by atoms with Crippen molar-refractivity contribution >= 4 is 0 Å². The first-order valence-corrected chi connectivity index (χ1v) is 4.26. The van der Waals surface area contributed by atoms with E-state index in [0.29, 0.717) is 0 Å². The second kappa shape index (κ2) is 8.96. The normalized spacial score (nSPS) is 12.3. The third-order valence-corrected chi connectivity index (χ3v) is 1.47. The Morgan fingerprint density at radius 2 is 1.40 bits per heavy atom. The van der Waals surface area contributed by atoms with Gasteiger partial charge < -0.3 is 4.90 Å². The van der Waals surface area contributed by atoms with Crippen LogP contribution in [0.5, 0.6) is 0 Å². The summed E-state index contributed by atoms with van der Waals surface area (Å²) >= 11 is 0. The molecular formula is C9H23N. The van der Waals surface area contributed by atoms with Gasteiger partial charge in [-0.15, -0.1) is 0 Å². The molecule has 1 atom stereocenters. The average Bonchev–Trinajstić information content (AvgIpc) is 1.88. The highest BCUT2D eigenvalue weighted by Gasteiger charge is 1.96. The summed E-state index contributed by atoms with van der Waals surface area (Å²) < 4.78 is 0. The minimum Gasteiger partial charge on any atom is -0.307 e. The van der Waals surface area contributed by atoms with Gasteiger partial charge in [-0.3, -0.25) is 0 Å². The van der Waals surface area contributed by atoms with Crippen LogP contribution in [0.15, 0.2) is 0 Å². The molecule has 0 bridgehead atoms. The maximum atomic E-state index is 2.22. The number of rotatable bonds is 2. The van der Waals surface area contributed by atoms with Gasteiger partial charge in [0.2, 0.25) is 0 Å². The SMILES string of the molecule is CCC.CCC(C)N(C)C. The minimum absolute atomic E-state index is 0.736. The van der Waals surface area contributed by atoms with Gasteiger partial charge >= 0.3 is 0 Å². The average molecular weight is 145 g/mol. The van der Waals surface area contributed by atoms with E-state index in [-0.39, 0.29) is 0 Å². The summed E-state index contributed by atoms with van der Waals surface area (Å²) in [4.78, 5) is 2.22. The lowest BCUT2D eigenvalue weighted by Gasteiger charge is -2.16. The summed E-state index contributed by atoms with van der Waals surface area (Å²) in [7, 11) is 4.21. The highest BCUT2D eigenvalue weighted by atomic mass is 15.1. The third kappa shape index (κ3) is 10.9. The van der Waals surface area contributed by atoms with Crippen molar-refractivity contribution in [3.05, 3.63) is 0 Å². The lowest BCUT2D eigenvalue weighted by Crippen LogP contribution is -2.23. The summed E-state index contributed by atoms with van der Waals surface area (Å²) in [5.41, 5.74) is 0. The molecule has 0 aliphatic rings. The molecule has 0 fully saturated rings. The first-order valence-electron chi connectivity index (χ1n) is 4.26. The molecule has 0 saturated carbocycles. The molecule has 0 aliphatic heterocycles. The molecule has 64 valence electrons. The van der Waals surface area contributed by atoms with Crippen molar-refractivity contribution in [1.82, 2.24) is 4.90 Å². The monoisotopic (exact) mass is 145 g/mol. The maximum Gasteiger partial charge on any atom is 0.00582 e. The van der Waals surface area contributed by atoms with E-state index < -0.39 is 0 Å². The zero-order chi connectivity index (χ0) is 8.57. The largest absolute Gasteiger partial charge is 0.307 e. The van der Waals surface area contributed by atoms with E-state index in [1.165, 1.54) is 12.8 Å². The first-order chi connectivity index (χ1) is 4.59. The number of hydrogen-bond acceptors (Lipinski definition) is 1. The van der Waals surface area contributed by atoms with Crippen LogP contribution in [-0.2, 0) is 0 Å². The summed E-state index contributed by atoms with van der Waals surface area (Å²) in [5.74, 6) is 0. The second-order valence-electron chi connectivity index (χ2n) is 2.93. The molecule has 0 aromatic rings. The van der Waals surface area contributed by atoms with Crippen LogP contribution >= 0.6 is 0 Å². The molecule has 0 aromatic heterocycles. The van der Waals surface area contributed by atoms with E-state index in [1.807, 2.05) is 0 Å². The molecule has 0 amide bonds. The molecule has 1 nitrogen and oxygen atoms in total. The van der Waals surface area contributed by atoms with Crippen molar-refractivity contribution < 1.29 is 0 Å². The smallest absolute Gasteiger partial charge is 0.00582 e. The van der Waals surface area contributed by atoms with Crippen LogP contribution in [0.4, 0.5) is 0 Å². The van der Waals surface area contributed by atoms with Crippen LogP contribution in [-0.4, -0.2) is 25.0 Å². The highest BCUT2D eigenvalue weighted by molar-refractivity contribution is 4.53. The lowest BCUT2D eigenvalue weighted by molar-refractivity contribution is 0.307. The van der Waals surface area contributed by atoms with Gasteiger partial charge in [-0.05, 0) is 27.4 Å². The predicted octanol–water partition coefficient (Wildman–Crippen LogP) is 2.76. The Kier molecular flexibility index (Phi) is 11.3. The quantitative estimate of drug-likeness (QED) is 0.577. The summed E-state index contributed by atoms with van der Waals surface area (Å²) in [6.45, 7) is 8.67. The van der Waals surface area contributed by atoms with Crippen molar-refractivity contribution in [3.63, 3.8) is 0 Å². The van der Waals surface area contributed by atoms with Crippen LogP contribution in [0.25, 0.3) is 0 Å². The van der Waals surface area contributed by atoms with E-state index in [2.05, 4.69) is 46.7 Å². The number of hydrogen-bond donors (Lipinski definition) is 0. The Labute approximate surface area is 66.4 Å². The summed E-state index contributed by atoms with van der Waals surface area (Å²) in [6.07, 6.45) is 2.49. The van der Waals surface area contributed by atoms with Crippen LogP contribution in [0, 0.1) is 0 Å². The summed E-state index contributed by atoms with van der Waals surface area (Å²) in [6, 6.07) is 0.736. The predicted molar refractivity (Wildman–Crippen MR) is 49.4 cm³/mol. The van der Waals surface area contributed by atoms with Crippen molar-refractivity contribution in [2.24, 2.45) is 0 Å². The molecule has 0 radical (unpaired) electrons. The Bertz CT molecular complexity index is 50.7. The fourth-order valence-corrected chi connectivity index (χ4v) is 0.365. The van der Waals surface area contributed by atoms with Gasteiger partial charge in [0, 0.05) is 6.04 Å². The lowest BCUT2D eigenvalue weighted by atomic mass is 10.2. The van der Waals surface area contributed by atoms with E-state index in [1.54, 1.807) is 0 Å². The fourth-order valence-electron chi connectivity index (χ4n) is 0.365. The van der Waals surface area contributed by atoms with Crippen molar-refractivity contribution in [1.29, 1.82) is 0 Å². The van der Waals surface area contributed by atoms with Gasteiger partial charge in [-0.25, -0.2) is 0 Å². The molecule has 10 heavy (non-hydrogen) atoms. The van der Waals surface area contributed by atoms with Gasteiger partial charge in [0.1, 0.15) is 0 Å². The second-order valence-corrected chi connectivity index (χ2v) is 2.93. The van der Waals surface area contributed by atoms with Crippen molar-refractivity contribution in [2.45, 2.75) is 46.6 Å². The van der Waals surface area contributed by atoms with Gasteiger partial charge in [0.05, 0.1) is 0 Å². The van der Waals surface area contributed by atoms with Gasteiger partial charge in [0.25, 0.3) is 0 Å². The van der Waals surface area contributed by atoms with Crippen LogP contribution in [0.3, 0.4) is 0 Å². The molecule has 0 saturated heterocycles. The molecule has 0 heterocycles. The minimum atomic E-state index is 0.736. The third-order valence-electron chi connectivity index (χ3n) is 1.47. The molecule has 0 rings (SSSR count). The van der Waals surface area contributed by atoms with Crippen LogP contribution in [0.2, 0.25) is 0 Å². The molecule has 0 aliphatic carbocycles. The van der Waals surface area contributed by atoms with Gasteiger partial charge in [-0.1, -0.05) is 27.2 Å². The highest BCUT2D eigenvalue weighted by Crippen LogP contribution is 1.93. The molecule has 1 unspecified atom stereocenters. The zero-order valence-corrected chi connectivity index (χ0v) is 8.44. The first kappa shape index (κ1) is 12.6. The molecule has 0 aromatic carbocycles. The van der Waals surface area contributed by atoms with Crippen LogP contribution in [0.1, 0.15) is 40.5 Å². The van der Waals surface area contributed by atoms with Crippen molar-refractivity contribution in [3.8, 4) is 0 Å². The Hall–Kier alpha value is -0.0400. The van der Waals surface area contributed by atoms with E-state index >= 15 is 0 Å². The Balaban J connectivity index is 0. The zero-order valence-electron chi connectivity index (χ0n) is 8.44. The Morgan fingerprint density at radius 1 is 1.10 bits per heavy atom. The fraction of sp³-hybridized carbons (Fsp3) is 1.00. The standard InChI is InChI=1S/C6H15N.C3H8/c1-5-6(2)7(3)4;1-3-2/h6H,5H2,1-4H3;3H2,1-2H3. The van der Waals surface area contributed by atoms with E-state index in [4.69, 9.17) is 0 Å². The van der Waals surface area contributed by atoms with Crippen molar-refractivity contribution in [2.75, 3.05) is 14.1 Å². The molecular weight excluding hydrogens is 122 g/mol. The summed E-state index contributed by atoms with van der Waals surface area (Å²) in [5, 5.41) is 0. The Morgan fingerprint density at radius 3 is 1.40 bits per heavy atom. The number of nitrogens with zero attached hydrogens (tertiary/aromatic N) is 1. The molecule has 0 spiro atoms. The van der Waals surface area contributed by atoms with E-state index in [9.17, 15) is 0 Å². The molecule has 1 heteroatoms. The van der Waals surface area contributed by atoms with Gasteiger partial charge in [-0.2, -0.15) is 0 Å². The van der Waals surface area contributed by atoms with Crippen LogP contribution < -0.4 is 0 Å². The van der Waals surface area contributed by atoms with Gasteiger partial charge in [0.15, 0.2) is 0 Å². The topological polar surface area (TPSA) is 3.24 Å². The maximum absolute atomic E-state index is 2.22. The van der Waals surface area contributed by atoms with E-state index in [0.717, 1.165) is 6.04 Å².